The molecule has 0 atom stereocenters. The van der Waals surface area contributed by atoms with Crippen LogP contribution in [0.25, 0.3) is 0 Å². The van der Waals surface area contributed by atoms with E-state index >= 15 is 0 Å². The van der Waals surface area contributed by atoms with Crippen LogP contribution in [0.5, 0.6) is 0 Å². The number of carbonyl (C=O) groups excluding carboxylic acids is 1. The fraction of sp³-hybridized carbons (Fsp3) is 0.778. The van der Waals surface area contributed by atoms with Gasteiger partial charge in [0.1, 0.15) is 0 Å². The number of anilines is 1. The van der Waals surface area contributed by atoms with Gasteiger partial charge in [-0.25, -0.2) is 0 Å². The summed E-state index contributed by atoms with van der Waals surface area (Å²) in [6.07, 6.45) is 7.15. The number of likely N-dealkylation sites (tertiary alicyclic amines) is 1. The van der Waals surface area contributed by atoms with Gasteiger partial charge in [-0.2, -0.15) is 5.10 Å². The molecule has 0 radical (unpaired) electrons. The monoisotopic (exact) mass is 316 g/mol. The van der Waals surface area contributed by atoms with Crippen LogP contribution in [0.2, 0.25) is 0 Å². The van der Waals surface area contributed by atoms with Crippen molar-refractivity contribution in [2.24, 2.45) is 5.41 Å². The molecule has 3 aliphatic rings. The third-order valence-corrected chi connectivity index (χ3v) is 6.25. The minimum Gasteiger partial charge on any atom is -0.350 e. The highest BCUT2D eigenvalue weighted by Gasteiger charge is 2.53. The van der Waals surface area contributed by atoms with Gasteiger partial charge in [0.25, 0.3) is 0 Å². The van der Waals surface area contributed by atoms with Gasteiger partial charge in [-0.15, -0.1) is 0 Å². The summed E-state index contributed by atoms with van der Waals surface area (Å²) in [7, 11) is 0. The van der Waals surface area contributed by atoms with Crippen molar-refractivity contribution in [1.82, 2.24) is 14.7 Å². The Bertz CT molecular complexity index is 607. The van der Waals surface area contributed by atoms with E-state index in [1.54, 1.807) is 0 Å². The average molecular weight is 316 g/mol. The topological polar surface area (TPSA) is 41.4 Å². The van der Waals surface area contributed by atoms with Crippen molar-refractivity contribution in [2.75, 3.05) is 24.5 Å². The maximum atomic E-state index is 10.8. The second-order valence-electron chi connectivity index (χ2n) is 8.58. The summed E-state index contributed by atoms with van der Waals surface area (Å²) in [5.41, 5.74) is 1.88. The number of nitrogens with zero attached hydrogens (tertiary/aromatic N) is 4. The van der Waals surface area contributed by atoms with Gasteiger partial charge in [-0.3, -0.25) is 9.48 Å². The summed E-state index contributed by atoms with van der Waals surface area (Å²) in [5.74, 6) is 1.15. The smallest absolute Gasteiger partial charge is 0.209 e. The summed E-state index contributed by atoms with van der Waals surface area (Å²) in [6.45, 7) is 9.85. The zero-order chi connectivity index (χ0) is 16.2. The second-order valence-corrected chi connectivity index (χ2v) is 8.58. The first-order valence-electron chi connectivity index (χ1n) is 8.96. The molecule has 2 saturated heterocycles. The Balaban J connectivity index is 1.47. The molecule has 1 saturated carbocycles. The number of rotatable bonds is 3. The zero-order valence-electron chi connectivity index (χ0n) is 14.6. The van der Waals surface area contributed by atoms with Gasteiger partial charge in [0.2, 0.25) is 6.41 Å². The molecule has 126 valence electrons. The van der Waals surface area contributed by atoms with E-state index < -0.39 is 0 Å². The molecule has 1 aromatic heterocycles. The Labute approximate surface area is 138 Å². The Morgan fingerprint density at radius 3 is 2.65 bits per heavy atom. The van der Waals surface area contributed by atoms with Crippen molar-refractivity contribution < 1.29 is 4.79 Å². The lowest BCUT2D eigenvalue weighted by atomic mass is 9.61. The molecule has 5 nitrogen and oxygen atoms in total. The molecule has 1 spiro atoms. The van der Waals surface area contributed by atoms with Crippen LogP contribution in [-0.4, -0.2) is 46.3 Å². The molecule has 0 bridgehead atoms. The van der Waals surface area contributed by atoms with Gasteiger partial charge in [-0.05, 0) is 52.9 Å². The lowest BCUT2D eigenvalue weighted by Crippen LogP contribution is -2.61. The van der Waals surface area contributed by atoms with E-state index in [0.717, 1.165) is 31.9 Å². The Kier molecular flexibility index (Phi) is 3.26. The van der Waals surface area contributed by atoms with Gasteiger partial charge in [-0.1, -0.05) is 0 Å². The fourth-order valence-electron chi connectivity index (χ4n) is 4.92. The van der Waals surface area contributed by atoms with Crippen LogP contribution >= 0.6 is 0 Å². The average Bonchev–Trinajstić information content (AvgIpc) is 2.77. The molecule has 3 heterocycles. The molecule has 4 rings (SSSR count). The van der Waals surface area contributed by atoms with Crippen LogP contribution in [0.15, 0.2) is 6.07 Å². The normalized spacial score (nSPS) is 26.0. The second kappa shape index (κ2) is 4.99. The number of carbonyl (C=O) groups is 1. The van der Waals surface area contributed by atoms with Gasteiger partial charge in [0.05, 0.1) is 6.04 Å². The van der Waals surface area contributed by atoms with Crippen LogP contribution in [0.4, 0.5) is 5.82 Å². The highest BCUT2D eigenvalue weighted by Crippen LogP contribution is 2.54. The lowest BCUT2D eigenvalue weighted by molar-refractivity contribution is -0.140. The number of amides is 1. The summed E-state index contributed by atoms with van der Waals surface area (Å²) in [6, 6.07) is 2.78. The van der Waals surface area contributed by atoms with E-state index in [4.69, 9.17) is 5.10 Å². The molecular weight excluding hydrogens is 288 g/mol. The highest BCUT2D eigenvalue weighted by molar-refractivity contribution is 5.50. The van der Waals surface area contributed by atoms with E-state index in [1.165, 1.54) is 37.8 Å². The summed E-state index contributed by atoms with van der Waals surface area (Å²) >= 11 is 0. The number of piperidine rings is 1. The molecule has 0 unspecified atom stereocenters. The van der Waals surface area contributed by atoms with Crippen molar-refractivity contribution in [2.45, 2.75) is 64.5 Å². The Morgan fingerprint density at radius 2 is 2.00 bits per heavy atom. The van der Waals surface area contributed by atoms with E-state index in [1.807, 2.05) is 4.90 Å². The van der Waals surface area contributed by atoms with Crippen molar-refractivity contribution >= 4 is 12.2 Å². The zero-order valence-corrected chi connectivity index (χ0v) is 14.6. The van der Waals surface area contributed by atoms with Crippen LogP contribution in [0.1, 0.15) is 57.7 Å². The minimum atomic E-state index is 0.211. The van der Waals surface area contributed by atoms with E-state index in [9.17, 15) is 4.79 Å². The highest BCUT2D eigenvalue weighted by atomic mass is 16.1. The summed E-state index contributed by atoms with van der Waals surface area (Å²) in [5, 5.41) is 4.97. The first-order chi connectivity index (χ1) is 10.9. The summed E-state index contributed by atoms with van der Waals surface area (Å²) < 4.78 is 2.24. The Morgan fingerprint density at radius 1 is 1.26 bits per heavy atom. The quantitative estimate of drug-likeness (QED) is 0.805. The van der Waals surface area contributed by atoms with Crippen LogP contribution in [0, 0.1) is 12.3 Å². The predicted molar refractivity (Wildman–Crippen MR) is 90.6 cm³/mol. The molecule has 1 aliphatic carbocycles. The first kappa shape index (κ1) is 15.0. The van der Waals surface area contributed by atoms with Crippen LogP contribution in [0.3, 0.4) is 0 Å². The third-order valence-electron chi connectivity index (χ3n) is 6.25. The van der Waals surface area contributed by atoms with Gasteiger partial charge in [0, 0.05) is 42.3 Å². The minimum absolute atomic E-state index is 0.211. The van der Waals surface area contributed by atoms with Crippen molar-refractivity contribution in [3.63, 3.8) is 0 Å². The number of aromatic nitrogens is 2. The van der Waals surface area contributed by atoms with Crippen LogP contribution < -0.4 is 4.90 Å². The fourth-order valence-corrected chi connectivity index (χ4v) is 4.92. The van der Waals surface area contributed by atoms with E-state index in [2.05, 4.69) is 36.4 Å². The lowest BCUT2D eigenvalue weighted by Gasteiger charge is -2.58. The predicted octanol–water partition coefficient (Wildman–Crippen LogP) is 2.75. The van der Waals surface area contributed by atoms with Crippen molar-refractivity contribution in [3.05, 3.63) is 11.8 Å². The molecule has 1 aromatic rings. The molecule has 23 heavy (non-hydrogen) atoms. The van der Waals surface area contributed by atoms with Crippen molar-refractivity contribution in [3.8, 4) is 0 Å². The largest absolute Gasteiger partial charge is 0.350 e. The van der Waals surface area contributed by atoms with E-state index in [0.29, 0.717) is 11.5 Å². The molecule has 5 heteroatoms. The van der Waals surface area contributed by atoms with Gasteiger partial charge < -0.3 is 9.80 Å². The van der Waals surface area contributed by atoms with E-state index in [-0.39, 0.29) is 5.54 Å². The first-order valence-corrected chi connectivity index (χ1v) is 8.96. The molecular formula is C18H28N4O. The molecule has 1 amide bonds. The van der Waals surface area contributed by atoms with Crippen LogP contribution in [-0.2, 0) is 4.79 Å². The Hall–Kier alpha value is -1.52. The standard InChI is InChI=1S/C18H28N4O/c1-14-8-16(21-7-5-4-6-17(21,2)3)19-22(14)15-9-18(10-15)11-20(12-18)13-23/h8,13,15H,4-7,9-12H2,1-3H3. The maximum Gasteiger partial charge on any atom is 0.209 e. The summed E-state index contributed by atoms with van der Waals surface area (Å²) in [4.78, 5) is 15.1. The number of hydrogen-bond acceptors (Lipinski definition) is 3. The van der Waals surface area contributed by atoms with Gasteiger partial charge >= 0.3 is 0 Å². The molecule has 0 aromatic carbocycles. The molecule has 2 aliphatic heterocycles. The number of aryl methyl sites for hydroxylation is 1. The number of hydrogen-bond donors (Lipinski definition) is 0. The molecule has 3 fully saturated rings. The maximum absolute atomic E-state index is 10.8. The third kappa shape index (κ3) is 2.36. The molecule has 0 N–H and O–H groups in total. The SMILES string of the molecule is Cc1cc(N2CCCCC2(C)C)nn1C1CC2(C1)CN(C=O)C2. The van der Waals surface area contributed by atoms with Crippen molar-refractivity contribution in [1.29, 1.82) is 0 Å². The van der Waals surface area contributed by atoms with Gasteiger partial charge in [0.15, 0.2) is 5.82 Å².